The third-order valence-corrected chi connectivity index (χ3v) is 5.89. The molecule has 0 saturated carbocycles. The van der Waals surface area contributed by atoms with E-state index >= 15 is 0 Å². The lowest BCUT2D eigenvalue weighted by Crippen LogP contribution is -2.29. The van der Waals surface area contributed by atoms with Crippen molar-refractivity contribution in [2.75, 3.05) is 11.0 Å². The fourth-order valence-electron chi connectivity index (χ4n) is 3.83. The largest absolute Gasteiger partial charge is 0.330 e. The summed E-state index contributed by atoms with van der Waals surface area (Å²) in [5, 5.41) is 0.423. The van der Waals surface area contributed by atoms with Crippen LogP contribution < -0.4 is 16.0 Å². The molecule has 34 heavy (non-hydrogen) atoms. The van der Waals surface area contributed by atoms with E-state index in [1.807, 2.05) is 32.2 Å². The first-order chi connectivity index (χ1) is 16.3. The molecule has 1 unspecified atom stereocenters. The summed E-state index contributed by atoms with van der Waals surface area (Å²) in [7, 11) is 0. The van der Waals surface area contributed by atoms with Crippen LogP contribution in [0.15, 0.2) is 59.5 Å². The second kappa shape index (κ2) is 9.90. The molecular weight excluding hydrogens is 456 g/mol. The number of rotatable bonds is 7. The average molecular weight is 482 g/mol. The van der Waals surface area contributed by atoms with Gasteiger partial charge in [0.05, 0.1) is 28.8 Å². The predicted octanol–water partition coefficient (Wildman–Crippen LogP) is 5.11. The van der Waals surface area contributed by atoms with Gasteiger partial charge in [0.2, 0.25) is 0 Å². The van der Waals surface area contributed by atoms with Gasteiger partial charge >= 0.3 is 0 Å². The van der Waals surface area contributed by atoms with Gasteiger partial charge in [-0.15, -0.1) is 0 Å². The number of hydrogen-bond donors (Lipinski definition) is 2. The number of aromatic nitrogens is 3. The summed E-state index contributed by atoms with van der Waals surface area (Å²) in [6, 6.07) is 11.4. The van der Waals surface area contributed by atoms with Crippen molar-refractivity contribution in [2.24, 2.45) is 5.73 Å². The molecule has 4 aromatic rings. The molecule has 0 spiro atoms. The Hall–Kier alpha value is -3.30. The molecule has 0 aliphatic heterocycles. The second-order valence-electron chi connectivity index (χ2n) is 8.33. The average Bonchev–Trinajstić information content (AvgIpc) is 2.78. The quantitative estimate of drug-likeness (QED) is 0.357. The van der Waals surface area contributed by atoms with Gasteiger partial charge in [0.1, 0.15) is 17.5 Å². The predicted molar refractivity (Wildman–Crippen MR) is 133 cm³/mol. The van der Waals surface area contributed by atoms with Gasteiger partial charge in [0, 0.05) is 23.7 Å². The smallest absolute Gasteiger partial charge is 0.266 e. The Balaban J connectivity index is 1.88. The molecule has 3 N–H and O–H groups in total. The number of anilines is 1. The zero-order valence-electron chi connectivity index (χ0n) is 19.0. The van der Waals surface area contributed by atoms with Gasteiger partial charge in [-0.3, -0.25) is 14.3 Å². The molecule has 0 amide bonds. The molecule has 0 fully saturated rings. The molecule has 2 aromatic heterocycles. The maximum atomic E-state index is 13.7. The van der Waals surface area contributed by atoms with Crippen molar-refractivity contribution in [3.8, 4) is 5.69 Å². The zero-order chi connectivity index (χ0) is 24.4. The fraction of sp³-hybridized carbons (Fsp3) is 0.240. The number of fused-ring (bicyclic) bond motifs is 1. The van der Waals surface area contributed by atoms with Crippen molar-refractivity contribution in [1.82, 2.24) is 14.5 Å². The fourth-order valence-corrected chi connectivity index (χ4v) is 4.19. The van der Waals surface area contributed by atoms with Crippen molar-refractivity contribution in [3.05, 3.63) is 93.8 Å². The Labute approximate surface area is 200 Å². The number of nitrogens with one attached hydrogen (secondary N) is 1. The first-order valence-electron chi connectivity index (χ1n) is 10.8. The van der Waals surface area contributed by atoms with Gasteiger partial charge in [-0.25, -0.2) is 13.8 Å². The number of pyridine rings is 1. The zero-order valence-corrected chi connectivity index (χ0v) is 19.9. The molecule has 176 valence electrons. The molecule has 1 atom stereocenters. The van der Waals surface area contributed by atoms with E-state index < -0.39 is 17.7 Å². The minimum atomic E-state index is -0.805. The number of hydrogen-bond acceptors (Lipinski definition) is 6. The van der Waals surface area contributed by atoms with Crippen molar-refractivity contribution >= 4 is 28.5 Å². The van der Waals surface area contributed by atoms with Crippen molar-refractivity contribution in [1.29, 1.82) is 0 Å². The van der Waals surface area contributed by atoms with Gasteiger partial charge in [-0.2, -0.15) is 0 Å². The van der Waals surface area contributed by atoms with Crippen LogP contribution in [0.5, 0.6) is 0 Å². The van der Waals surface area contributed by atoms with Gasteiger partial charge in [-0.05, 0) is 60.4 Å². The number of nitrogens with zero attached hydrogens (tertiary/aromatic N) is 3. The van der Waals surface area contributed by atoms with Crippen molar-refractivity contribution < 1.29 is 8.78 Å². The van der Waals surface area contributed by atoms with Gasteiger partial charge in [-0.1, -0.05) is 25.8 Å². The summed E-state index contributed by atoms with van der Waals surface area (Å²) in [4.78, 5) is 22.8. The van der Waals surface area contributed by atoms with Gasteiger partial charge in [0.25, 0.3) is 5.56 Å². The highest BCUT2D eigenvalue weighted by Gasteiger charge is 2.20. The number of halogens is 2. The minimum absolute atomic E-state index is 0.0902. The van der Waals surface area contributed by atoms with Crippen LogP contribution in [0.4, 0.5) is 14.5 Å². The van der Waals surface area contributed by atoms with Crippen LogP contribution in [-0.2, 0) is 6.42 Å². The van der Waals surface area contributed by atoms with Gasteiger partial charge in [0.15, 0.2) is 0 Å². The molecule has 0 bridgehead atoms. The van der Waals surface area contributed by atoms with E-state index in [0.717, 1.165) is 17.4 Å². The molecule has 9 heteroatoms. The summed E-state index contributed by atoms with van der Waals surface area (Å²) >= 11 is 1.42. The highest BCUT2D eigenvalue weighted by atomic mass is 32.2. The van der Waals surface area contributed by atoms with E-state index in [1.54, 1.807) is 24.4 Å². The first kappa shape index (κ1) is 23.8. The highest BCUT2D eigenvalue weighted by molar-refractivity contribution is 7.99. The van der Waals surface area contributed by atoms with Crippen LogP contribution >= 0.6 is 11.9 Å². The summed E-state index contributed by atoms with van der Waals surface area (Å²) in [5.41, 5.74) is 9.24. The second-order valence-corrected chi connectivity index (χ2v) is 8.95. The van der Waals surface area contributed by atoms with E-state index in [-0.39, 0.29) is 23.7 Å². The Morgan fingerprint density at radius 3 is 2.44 bits per heavy atom. The van der Waals surface area contributed by atoms with Gasteiger partial charge < -0.3 is 10.5 Å². The van der Waals surface area contributed by atoms with E-state index in [2.05, 4.69) is 9.71 Å². The Morgan fingerprint density at radius 2 is 1.82 bits per heavy atom. The maximum Gasteiger partial charge on any atom is 0.266 e. The SMILES string of the molecule is CSNc1ccc2c(=O)n(-c3ccc(C(C)C)nc3)c(C(N)Cc3cc(F)cc(F)c3)nc2c1. The molecular formula is C25H25F2N5OS. The summed E-state index contributed by atoms with van der Waals surface area (Å²) in [6.07, 6.45) is 3.60. The van der Waals surface area contributed by atoms with Crippen LogP contribution in [-0.4, -0.2) is 20.8 Å². The third-order valence-electron chi connectivity index (χ3n) is 5.45. The number of nitrogens with two attached hydrogens (primary N) is 1. The van der Waals surface area contributed by atoms with Crippen LogP contribution in [0.2, 0.25) is 0 Å². The minimum Gasteiger partial charge on any atom is -0.330 e. The van der Waals surface area contributed by atoms with E-state index in [1.165, 1.54) is 28.6 Å². The van der Waals surface area contributed by atoms with Crippen molar-refractivity contribution in [2.45, 2.75) is 32.2 Å². The lowest BCUT2D eigenvalue weighted by Gasteiger charge is -2.19. The van der Waals surface area contributed by atoms with Crippen LogP contribution in [0, 0.1) is 11.6 Å². The Morgan fingerprint density at radius 1 is 1.09 bits per heavy atom. The molecule has 0 aliphatic rings. The third kappa shape index (κ3) is 4.95. The van der Waals surface area contributed by atoms with Crippen LogP contribution in [0.25, 0.3) is 16.6 Å². The molecule has 0 saturated heterocycles. The standard InChI is InChI=1S/C25H25F2N5OS/c1-14(2)22-7-5-19(13-29-22)32-24(21(28)10-15-8-16(26)11-17(27)9-15)30-23-12-18(31-34-3)4-6-20(23)25(32)33/h4-9,11-14,21,31H,10,28H2,1-3H3. The monoisotopic (exact) mass is 481 g/mol. The number of benzene rings is 2. The summed E-state index contributed by atoms with van der Waals surface area (Å²) in [5.74, 6) is -0.866. The molecule has 4 rings (SSSR count). The first-order valence-corrected chi connectivity index (χ1v) is 12.0. The Kier molecular flexibility index (Phi) is 6.95. The lowest BCUT2D eigenvalue weighted by atomic mass is 10.0. The molecule has 0 aliphatic carbocycles. The Bertz CT molecular complexity index is 1370. The lowest BCUT2D eigenvalue weighted by molar-refractivity contribution is 0.572. The summed E-state index contributed by atoms with van der Waals surface area (Å²) < 4.78 is 32.1. The molecule has 2 heterocycles. The van der Waals surface area contributed by atoms with E-state index in [9.17, 15) is 13.6 Å². The van der Waals surface area contributed by atoms with Crippen molar-refractivity contribution in [3.63, 3.8) is 0 Å². The topological polar surface area (TPSA) is 85.8 Å². The van der Waals surface area contributed by atoms with Crippen LogP contribution in [0.3, 0.4) is 0 Å². The van der Waals surface area contributed by atoms with Crippen LogP contribution in [0.1, 0.15) is 42.9 Å². The maximum absolute atomic E-state index is 13.7. The molecule has 0 radical (unpaired) electrons. The molecule has 6 nitrogen and oxygen atoms in total. The summed E-state index contributed by atoms with van der Waals surface area (Å²) in [6.45, 7) is 4.07. The van der Waals surface area contributed by atoms with E-state index in [4.69, 9.17) is 10.7 Å². The molecule has 2 aromatic carbocycles. The van der Waals surface area contributed by atoms with E-state index in [0.29, 0.717) is 22.2 Å². The normalized spacial score (nSPS) is 12.3. The highest BCUT2D eigenvalue weighted by Crippen LogP contribution is 2.23.